The van der Waals surface area contributed by atoms with Gasteiger partial charge in [0, 0.05) is 6.04 Å². The fourth-order valence-corrected chi connectivity index (χ4v) is 3.43. The zero-order chi connectivity index (χ0) is 8.72. The molecule has 5 unspecified atom stereocenters. The van der Waals surface area contributed by atoms with Crippen LogP contribution in [0.1, 0.15) is 26.2 Å². The number of hydrogen-bond acceptors (Lipinski definition) is 2. The van der Waals surface area contributed by atoms with Crippen LogP contribution >= 0.6 is 0 Å². The lowest BCUT2D eigenvalue weighted by Crippen LogP contribution is -2.36. The van der Waals surface area contributed by atoms with Gasteiger partial charge in [0.25, 0.3) is 0 Å². The Morgan fingerprint density at radius 1 is 1.33 bits per heavy atom. The van der Waals surface area contributed by atoms with Crippen LogP contribution in [0.15, 0.2) is 0 Å². The molecule has 0 saturated heterocycles. The molecular formula is C10H20N2. The minimum Gasteiger partial charge on any atom is -0.330 e. The van der Waals surface area contributed by atoms with Gasteiger partial charge in [-0.1, -0.05) is 0 Å². The molecule has 2 saturated carbocycles. The zero-order valence-electron chi connectivity index (χ0n) is 7.87. The van der Waals surface area contributed by atoms with E-state index in [1.54, 1.807) is 0 Å². The van der Waals surface area contributed by atoms with Crippen molar-refractivity contribution in [2.45, 2.75) is 32.2 Å². The first kappa shape index (κ1) is 8.52. The van der Waals surface area contributed by atoms with Gasteiger partial charge in [0.05, 0.1) is 0 Å². The normalized spacial score (nSPS) is 48.2. The van der Waals surface area contributed by atoms with Gasteiger partial charge in [0.1, 0.15) is 0 Å². The van der Waals surface area contributed by atoms with E-state index in [-0.39, 0.29) is 0 Å². The van der Waals surface area contributed by atoms with Crippen LogP contribution in [0.25, 0.3) is 0 Å². The Balaban J connectivity index is 2.04. The van der Waals surface area contributed by atoms with Crippen molar-refractivity contribution in [3.8, 4) is 0 Å². The summed E-state index contributed by atoms with van der Waals surface area (Å²) >= 11 is 0. The standard InChI is InChI=1S/C10H20N2/c1-6(12)9-3-7-2-8(5-11)10(9)4-7/h6-10H,2-5,11-12H2,1H3. The highest BCUT2D eigenvalue weighted by Gasteiger charge is 2.46. The molecule has 0 heterocycles. The molecule has 0 aliphatic heterocycles. The van der Waals surface area contributed by atoms with Gasteiger partial charge in [-0.25, -0.2) is 0 Å². The Morgan fingerprint density at radius 2 is 2.08 bits per heavy atom. The van der Waals surface area contributed by atoms with Gasteiger partial charge in [-0.05, 0) is 56.4 Å². The summed E-state index contributed by atoms with van der Waals surface area (Å²) < 4.78 is 0. The predicted octanol–water partition coefficient (Wildman–Crippen LogP) is 0.955. The van der Waals surface area contributed by atoms with Crippen molar-refractivity contribution in [3.05, 3.63) is 0 Å². The van der Waals surface area contributed by atoms with Gasteiger partial charge in [-0.2, -0.15) is 0 Å². The summed E-state index contributed by atoms with van der Waals surface area (Å²) in [4.78, 5) is 0. The number of nitrogens with two attached hydrogens (primary N) is 2. The topological polar surface area (TPSA) is 52.0 Å². The Hall–Kier alpha value is -0.0800. The van der Waals surface area contributed by atoms with Crippen molar-refractivity contribution < 1.29 is 0 Å². The van der Waals surface area contributed by atoms with Crippen LogP contribution in [-0.4, -0.2) is 12.6 Å². The summed E-state index contributed by atoms with van der Waals surface area (Å²) in [6.45, 7) is 3.03. The summed E-state index contributed by atoms with van der Waals surface area (Å²) in [5.74, 6) is 3.39. The second kappa shape index (κ2) is 3.00. The molecule has 2 heteroatoms. The van der Waals surface area contributed by atoms with E-state index in [2.05, 4.69) is 6.92 Å². The molecule has 70 valence electrons. The fourth-order valence-electron chi connectivity index (χ4n) is 3.43. The van der Waals surface area contributed by atoms with E-state index in [0.29, 0.717) is 6.04 Å². The van der Waals surface area contributed by atoms with E-state index < -0.39 is 0 Å². The molecule has 2 fully saturated rings. The van der Waals surface area contributed by atoms with Crippen LogP contribution in [-0.2, 0) is 0 Å². The van der Waals surface area contributed by atoms with Crippen LogP contribution in [0.5, 0.6) is 0 Å². The summed E-state index contributed by atoms with van der Waals surface area (Å²) in [5.41, 5.74) is 11.7. The van der Waals surface area contributed by atoms with Crippen LogP contribution in [0.3, 0.4) is 0 Å². The minimum atomic E-state index is 0.384. The maximum atomic E-state index is 5.96. The molecule has 12 heavy (non-hydrogen) atoms. The van der Waals surface area contributed by atoms with Crippen LogP contribution < -0.4 is 11.5 Å². The maximum absolute atomic E-state index is 5.96. The lowest BCUT2D eigenvalue weighted by molar-refractivity contribution is 0.218. The maximum Gasteiger partial charge on any atom is 0.00416 e. The highest BCUT2D eigenvalue weighted by molar-refractivity contribution is 4.97. The largest absolute Gasteiger partial charge is 0.330 e. The predicted molar refractivity (Wildman–Crippen MR) is 50.5 cm³/mol. The molecule has 5 atom stereocenters. The minimum absolute atomic E-state index is 0.384. The molecule has 2 bridgehead atoms. The molecule has 4 N–H and O–H groups in total. The molecule has 0 radical (unpaired) electrons. The average molecular weight is 168 g/mol. The molecule has 0 aromatic rings. The fraction of sp³-hybridized carbons (Fsp3) is 1.00. The smallest absolute Gasteiger partial charge is 0.00416 e. The van der Waals surface area contributed by atoms with Crippen LogP contribution in [0.4, 0.5) is 0 Å². The van der Waals surface area contributed by atoms with Crippen molar-refractivity contribution in [1.29, 1.82) is 0 Å². The van der Waals surface area contributed by atoms with Gasteiger partial charge >= 0.3 is 0 Å². The van der Waals surface area contributed by atoms with E-state index in [1.165, 1.54) is 19.3 Å². The molecule has 0 spiro atoms. The SMILES string of the molecule is CC(N)C1CC2CC(CN)C1C2. The van der Waals surface area contributed by atoms with E-state index >= 15 is 0 Å². The van der Waals surface area contributed by atoms with Crippen LogP contribution in [0, 0.1) is 23.7 Å². The average Bonchev–Trinajstić information content (AvgIpc) is 2.60. The molecular weight excluding hydrogens is 148 g/mol. The number of fused-ring (bicyclic) bond motifs is 2. The molecule has 0 aromatic heterocycles. The van der Waals surface area contributed by atoms with Crippen molar-refractivity contribution in [2.24, 2.45) is 35.1 Å². The van der Waals surface area contributed by atoms with Crippen molar-refractivity contribution >= 4 is 0 Å². The Morgan fingerprint density at radius 3 is 2.58 bits per heavy atom. The summed E-state index contributed by atoms with van der Waals surface area (Å²) in [6, 6.07) is 0.384. The van der Waals surface area contributed by atoms with E-state index in [9.17, 15) is 0 Å². The summed E-state index contributed by atoms with van der Waals surface area (Å²) in [5, 5.41) is 0. The quantitative estimate of drug-likeness (QED) is 0.645. The van der Waals surface area contributed by atoms with Gasteiger partial charge < -0.3 is 11.5 Å². The Labute approximate surface area is 74.7 Å². The first-order valence-electron chi connectivity index (χ1n) is 5.18. The monoisotopic (exact) mass is 168 g/mol. The van der Waals surface area contributed by atoms with E-state index in [0.717, 1.165) is 30.2 Å². The van der Waals surface area contributed by atoms with Gasteiger partial charge in [0.2, 0.25) is 0 Å². The lowest BCUT2D eigenvalue weighted by Gasteiger charge is -2.31. The molecule has 0 amide bonds. The van der Waals surface area contributed by atoms with Gasteiger partial charge in [-0.3, -0.25) is 0 Å². The molecule has 0 aromatic carbocycles. The van der Waals surface area contributed by atoms with Gasteiger partial charge in [-0.15, -0.1) is 0 Å². The molecule has 2 rings (SSSR count). The first-order chi connectivity index (χ1) is 5.72. The first-order valence-corrected chi connectivity index (χ1v) is 5.18. The van der Waals surface area contributed by atoms with E-state index in [1.807, 2.05) is 0 Å². The van der Waals surface area contributed by atoms with Gasteiger partial charge in [0.15, 0.2) is 0 Å². The second-order valence-corrected chi connectivity index (χ2v) is 4.76. The third kappa shape index (κ3) is 1.17. The Bertz CT molecular complexity index is 167. The van der Waals surface area contributed by atoms with Crippen LogP contribution in [0.2, 0.25) is 0 Å². The highest BCUT2D eigenvalue weighted by Crippen LogP contribution is 2.52. The number of hydrogen-bond donors (Lipinski definition) is 2. The molecule has 2 aliphatic rings. The van der Waals surface area contributed by atoms with Crippen molar-refractivity contribution in [1.82, 2.24) is 0 Å². The van der Waals surface area contributed by atoms with E-state index in [4.69, 9.17) is 11.5 Å². The molecule has 2 nitrogen and oxygen atoms in total. The second-order valence-electron chi connectivity index (χ2n) is 4.76. The van der Waals surface area contributed by atoms with Crippen molar-refractivity contribution in [3.63, 3.8) is 0 Å². The number of rotatable bonds is 2. The Kier molecular flexibility index (Phi) is 2.13. The summed E-state index contributed by atoms with van der Waals surface area (Å²) in [7, 11) is 0. The summed E-state index contributed by atoms with van der Waals surface area (Å²) in [6.07, 6.45) is 4.16. The lowest BCUT2D eigenvalue weighted by atomic mass is 9.77. The zero-order valence-corrected chi connectivity index (χ0v) is 7.87. The van der Waals surface area contributed by atoms with Crippen molar-refractivity contribution in [2.75, 3.05) is 6.54 Å². The third-order valence-corrected chi connectivity index (χ3v) is 3.98. The third-order valence-electron chi connectivity index (χ3n) is 3.98. The molecule has 2 aliphatic carbocycles. The highest BCUT2D eigenvalue weighted by atomic mass is 14.7.